The van der Waals surface area contributed by atoms with Crippen LogP contribution in [0.4, 0.5) is 5.69 Å². The molecule has 0 aliphatic carbocycles. The quantitative estimate of drug-likeness (QED) is 0.660. The van der Waals surface area contributed by atoms with E-state index in [0.717, 1.165) is 34.3 Å². The number of allylic oxidation sites excluding steroid dienone is 3. The first-order chi connectivity index (χ1) is 13.8. The number of anilines is 1. The third kappa shape index (κ3) is 2.95. The van der Waals surface area contributed by atoms with Crippen molar-refractivity contribution in [1.29, 1.82) is 0 Å². The van der Waals surface area contributed by atoms with E-state index < -0.39 is 0 Å². The number of amides is 1. The number of hydrogen-bond donors (Lipinski definition) is 3. The summed E-state index contributed by atoms with van der Waals surface area (Å²) in [6, 6.07) is 11.8. The minimum atomic E-state index is -0.150. The van der Waals surface area contributed by atoms with Crippen LogP contribution < -0.4 is 10.6 Å². The molecule has 2 aliphatic heterocycles. The highest BCUT2D eigenvalue weighted by molar-refractivity contribution is 6.05. The summed E-state index contributed by atoms with van der Waals surface area (Å²) in [5.74, 6) is -0.150. The first kappa shape index (κ1) is 16.4. The van der Waals surface area contributed by atoms with Crippen LogP contribution in [0.5, 0.6) is 0 Å². The number of aromatic nitrogens is 2. The van der Waals surface area contributed by atoms with Gasteiger partial charge in [0.05, 0.1) is 5.70 Å². The van der Waals surface area contributed by atoms with E-state index in [9.17, 15) is 4.79 Å². The fourth-order valence-corrected chi connectivity index (χ4v) is 3.65. The highest BCUT2D eigenvalue weighted by Crippen LogP contribution is 2.27. The van der Waals surface area contributed by atoms with E-state index in [1.165, 1.54) is 0 Å². The molecule has 0 saturated carbocycles. The average molecular weight is 369 g/mol. The smallest absolute Gasteiger partial charge is 0.273 e. The summed E-state index contributed by atoms with van der Waals surface area (Å²) in [6.45, 7) is 0. The predicted molar refractivity (Wildman–Crippen MR) is 109 cm³/mol. The molecule has 2 aromatic heterocycles. The number of pyridine rings is 1. The lowest BCUT2D eigenvalue weighted by molar-refractivity contribution is -0.113. The Labute approximate surface area is 162 Å². The van der Waals surface area contributed by atoms with Gasteiger partial charge in [-0.1, -0.05) is 12.1 Å². The van der Waals surface area contributed by atoms with Gasteiger partial charge >= 0.3 is 0 Å². The Morgan fingerprint density at radius 2 is 2.18 bits per heavy atom. The van der Waals surface area contributed by atoms with Crippen LogP contribution in [0.25, 0.3) is 10.9 Å². The first-order valence-corrected chi connectivity index (χ1v) is 9.19. The molecule has 0 spiro atoms. The maximum absolute atomic E-state index is 13.0. The fraction of sp³-hybridized carbons (Fsp3) is 0.0909. The molecule has 1 amide bonds. The lowest BCUT2D eigenvalue weighted by Crippen LogP contribution is -2.37. The van der Waals surface area contributed by atoms with Gasteiger partial charge in [-0.05, 0) is 48.0 Å². The van der Waals surface area contributed by atoms with Gasteiger partial charge in [-0.15, -0.1) is 0 Å². The molecule has 0 saturated heterocycles. The van der Waals surface area contributed by atoms with Crippen LogP contribution in [0.3, 0.4) is 0 Å². The molecule has 3 aromatic rings. The SMILES string of the molecule is O=C(Nc1ccc2[nH]ccc2c1)C1=C2C=CC=CN2C(Cc2cccnc2)N1. The van der Waals surface area contributed by atoms with Crippen LogP contribution in [0, 0.1) is 0 Å². The number of benzene rings is 1. The third-order valence-electron chi connectivity index (χ3n) is 4.98. The average Bonchev–Trinajstić information content (AvgIpc) is 3.33. The number of rotatable bonds is 4. The number of aromatic amines is 1. The van der Waals surface area contributed by atoms with E-state index in [2.05, 4.69) is 25.5 Å². The van der Waals surface area contributed by atoms with E-state index in [4.69, 9.17) is 0 Å². The van der Waals surface area contributed by atoms with E-state index in [0.29, 0.717) is 5.70 Å². The standard InChI is InChI=1S/C22H19N5O/c28-22(25-17-6-7-18-16(13-17)8-10-24-18)21-19-5-1-2-11-27(19)20(26-21)12-15-4-3-9-23-14-15/h1-11,13-14,20,24,26H,12H2,(H,25,28). The van der Waals surface area contributed by atoms with Crippen LogP contribution in [0.1, 0.15) is 5.56 Å². The number of carbonyl (C=O) groups is 1. The maximum atomic E-state index is 13.0. The Morgan fingerprint density at radius 1 is 1.21 bits per heavy atom. The van der Waals surface area contributed by atoms with Gasteiger partial charge < -0.3 is 20.5 Å². The van der Waals surface area contributed by atoms with Gasteiger partial charge in [0.2, 0.25) is 0 Å². The summed E-state index contributed by atoms with van der Waals surface area (Å²) in [6.07, 6.45) is 14.1. The van der Waals surface area contributed by atoms with E-state index in [1.54, 1.807) is 6.20 Å². The second kappa shape index (κ2) is 6.74. The number of nitrogens with one attached hydrogen (secondary N) is 3. The van der Waals surface area contributed by atoms with Crippen molar-refractivity contribution in [2.75, 3.05) is 5.32 Å². The molecule has 5 rings (SSSR count). The molecule has 1 aromatic carbocycles. The van der Waals surface area contributed by atoms with Gasteiger partial charge in [0.15, 0.2) is 0 Å². The van der Waals surface area contributed by atoms with Crippen LogP contribution in [0.2, 0.25) is 0 Å². The summed E-state index contributed by atoms with van der Waals surface area (Å²) in [5.41, 5.74) is 4.37. The van der Waals surface area contributed by atoms with Crippen LogP contribution in [-0.2, 0) is 11.2 Å². The van der Waals surface area contributed by atoms with E-state index >= 15 is 0 Å². The molecule has 0 bridgehead atoms. The minimum Gasteiger partial charge on any atom is -0.361 e. The monoisotopic (exact) mass is 369 g/mol. The van der Waals surface area contributed by atoms with Crippen LogP contribution in [-0.4, -0.2) is 26.9 Å². The van der Waals surface area contributed by atoms with Gasteiger partial charge in [-0.25, -0.2) is 0 Å². The molecule has 28 heavy (non-hydrogen) atoms. The predicted octanol–water partition coefficient (Wildman–Crippen LogP) is 3.27. The van der Waals surface area contributed by atoms with Gasteiger partial charge in [0.1, 0.15) is 11.9 Å². The Bertz CT molecular complexity index is 1130. The Balaban J connectivity index is 1.39. The summed E-state index contributed by atoms with van der Waals surface area (Å²) >= 11 is 0. The number of hydrogen-bond acceptors (Lipinski definition) is 4. The summed E-state index contributed by atoms with van der Waals surface area (Å²) in [7, 11) is 0. The van der Waals surface area contributed by atoms with Crippen molar-refractivity contribution in [3.63, 3.8) is 0 Å². The zero-order chi connectivity index (χ0) is 18.9. The van der Waals surface area contributed by atoms with Gasteiger partial charge in [-0.2, -0.15) is 0 Å². The molecule has 2 aliphatic rings. The highest BCUT2D eigenvalue weighted by atomic mass is 16.2. The third-order valence-corrected chi connectivity index (χ3v) is 4.98. The number of carbonyl (C=O) groups excluding carboxylic acids is 1. The Kier molecular flexibility index (Phi) is 3.94. The summed E-state index contributed by atoms with van der Waals surface area (Å²) in [4.78, 5) is 22.4. The number of nitrogens with zero attached hydrogens (tertiary/aromatic N) is 2. The lowest BCUT2D eigenvalue weighted by atomic mass is 10.1. The van der Waals surface area contributed by atoms with Crippen molar-refractivity contribution in [2.24, 2.45) is 0 Å². The maximum Gasteiger partial charge on any atom is 0.273 e. The van der Waals surface area contributed by atoms with Crippen molar-refractivity contribution >= 4 is 22.5 Å². The number of H-pyrrole nitrogens is 1. The fourth-order valence-electron chi connectivity index (χ4n) is 3.65. The highest BCUT2D eigenvalue weighted by Gasteiger charge is 2.33. The largest absolute Gasteiger partial charge is 0.361 e. The van der Waals surface area contributed by atoms with Gasteiger partial charge in [-0.3, -0.25) is 9.78 Å². The first-order valence-electron chi connectivity index (χ1n) is 9.19. The molecule has 1 unspecified atom stereocenters. The Hall–Kier alpha value is -3.80. The van der Waals surface area contributed by atoms with Gasteiger partial charge in [0, 0.05) is 47.8 Å². The van der Waals surface area contributed by atoms with Gasteiger partial charge in [0.25, 0.3) is 5.91 Å². The molecule has 0 radical (unpaired) electrons. The second-order valence-corrected chi connectivity index (χ2v) is 6.83. The zero-order valence-electron chi connectivity index (χ0n) is 15.1. The van der Waals surface area contributed by atoms with Crippen LogP contribution in [0.15, 0.2) is 90.8 Å². The minimum absolute atomic E-state index is 0.0340. The van der Waals surface area contributed by atoms with Crippen molar-refractivity contribution < 1.29 is 4.79 Å². The summed E-state index contributed by atoms with van der Waals surface area (Å²) < 4.78 is 0. The number of fused-ring (bicyclic) bond motifs is 2. The molecule has 3 N–H and O–H groups in total. The topological polar surface area (TPSA) is 73.0 Å². The molecular formula is C22H19N5O. The normalized spacial score (nSPS) is 17.7. The lowest BCUT2D eigenvalue weighted by Gasteiger charge is -2.25. The molecule has 138 valence electrons. The zero-order valence-corrected chi connectivity index (χ0v) is 15.1. The second-order valence-electron chi connectivity index (χ2n) is 6.83. The molecule has 1 atom stereocenters. The van der Waals surface area contributed by atoms with Crippen molar-refractivity contribution in [1.82, 2.24) is 20.2 Å². The molecular weight excluding hydrogens is 350 g/mol. The molecule has 0 fully saturated rings. The van der Waals surface area contributed by atoms with Crippen molar-refractivity contribution in [2.45, 2.75) is 12.6 Å². The van der Waals surface area contributed by atoms with E-state index in [-0.39, 0.29) is 12.1 Å². The Morgan fingerprint density at radius 3 is 3.07 bits per heavy atom. The van der Waals surface area contributed by atoms with Crippen molar-refractivity contribution in [3.05, 3.63) is 96.4 Å². The van der Waals surface area contributed by atoms with Crippen LogP contribution >= 0.6 is 0 Å². The molecule has 6 nitrogen and oxygen atoms in total. The molecule has 6 heteroatoms. The van der Waals surface area contributed by atoms with E-state index in [1.807, 2.05) is 73.2 Å². The molecule has 4 heterocycles. The summed E-state index contributed by atoms with van der Waals surface area (Å²) in [5, 5.41) is 7.47. The van der Waals surface area contributed by atoms with Crippen molar-refractivity contribution in [3.8, 4) is 0 Å².